The summed E-state index contributed by atoms with van der Waals surface area (Å²) in [4.78, 5) is 4.40. The number of fused-ring (bicyclic) bond motifs is 1. The van der Waals surface area contributed by atoms with Crippen molar-refractivity contribution in [2.24, 2.45) is 10.7 Å². The monoisotopic (exact) mass is 470 g/mol. The van der Waals surface area contributed by atoms with Crippen molar-refractivity contribution in [2.75, 3.05) is 19.0 Å². The summed E-state index contributed by atoms with van der Waals surface area (Å²) in [7, 11) is 1.63. The number of nitrogens with zero attached hydrogens (tertiary/aromatic N) is 4. The van der Waals surface area contributed by atoms with Crippen LogP contribution < -0.4 is 15.8 Å². The number of aliphatic imine (C=N–C) groups is 1. The van der Waals surface area contributed by atoms with Gasteiger partial charge in [0.1, 0.15) is 17.4 Å². The fourth-order valence-electron chi connectivity index (χ4n) is 3.09. The third kappa shape index (κ3) is 5.33. The number of hydrogen-bond acceptors (Lipinski definition) is 4. The van der Waals surface area contributed by atoms with E-state index in [1.807, 2.05) is 24.3 Å². The minimum absolute atomic E-state index is 0. The van der Waals surface area contributed by atoms with Crippen molar-refractivity contribution in [3.63, 3.8) is 0 Å². The summed E-state index contributed by atoms with van der Waals surface area (Å²) in [5.41, 5.74) is 6.78. The highest BCUT2D eigenvalue weighted by molar-refractivity contribution is 14.0. The number of halogens is 1. The molecule has 142 valence electrons. The van der Waals surface area contributed by atoms with Gasteiger partial charge in [0.15, 0.2) is 5.96 Å². The van der Waals surface area contributed by atoms with Crippen LogP contribution in [0.1, 0.15) is 37.3 Å². The lowest BCUT2D eigenvalue weighted by Gasteiger charge is -2.10. The maximum Gasteiger partial charge on any atom is 0.193 e. The van der Waals surface area contributed by atoms with Gasteiger partial charge in [0, 0.05) is 25.9 Å². The Balaban J connectivity index is 0.00000243. The molecule has 3 rings (SSSR count). The Hall–Kier alpha value is -1.84. The molecule has 1 aromatic heterocycles. The van der Waals surface area contributed by atoms with Crippen molar-refractivity contribution >= 4 is 35.6 Å². The normalized spacial score (nSPS) is 14.1. The van der Waals surface area contributed by atoms with E-state index >= 15 is 0 Å². The van der Waals surface area contributed by atoms with E-state index in [0.717, 1.165) is 48.9 Å². The van der Waals surface area contributed by atoms with Crippen LogP contribution in [0.15, 0.2) is 29.3 Å². The topological polar surface area (TPSA) is 90.3 Å². The second-order valence-electron chi connectivity index (χ2n) is 6.19. The van der Waals surface area contributed by atoms with Gasteiger partial charge in [-0.25, -0.2) is 0 Å². The van der Waals surface area contributed by atoms with Crippen molar-refractivity contribution in [3.05, 3.63) is 35.9 Å². The van der Waals surface area contributed by atoms with Crippen LogP contribution in [-0.4, -0.2) is 34.4 Å². The van der Waals surface area contributed by atoms with E-state index in [2.05, 4.69) is 25.1 Å². The third-order valence-corrected chi connectivity index (χ3v) is 4.40. The minimum Gasteiger partial charge on any atom is -0.495 e. The molecule has 0 spiro atoms. The maximum atomic E-state index is 5.97. The van der Waals surface area contributed by atoms with Gasteiger partial charge in [0.2, 0.25) is 0 Å². The molecule has 0 radical (unpaired) electrons. The summed E-state index contributed by atoms with van der Waals surface area (Å²) in [5, 5.41) is 11.8. The van der Waals surface area contributed by atoms with Gasteiger partial charge in [-0.05, 0) is 31.4 Å². The van der Waals surface area contributed by atoms with Crippen LogP contribution in [0.4, 0.5) is 5.69 Å². The summed E-state index contributed by atoms with van der Waals surface area (Å²) in [6, 6.07) is 7.63. The van der Waals surface area contributed by atoms with Crippen LogP contribution >= 0.6 is 24.0 Å². The Bertz CT molecular complexity index is 730. The number of guanidine groups is 1. The predicted molar refractivity (Wildman–Crippen MR) is 114 cm³/mol. The number of ether oxygens (including phenoxy) is 1. The molecule has 0 unspecified atom stereocenters. The molecule has 0 bridgehead atoms. The van der Waals surface area contributed by atoms with E-state index < -0.39 is 0 Å². The van der Waals surface area contributed by atoms with Crippen LogP contribution in [0.25, 0.3) is 0 Å². The Morgan fingerprint density at radius 1 is 1.27 bits per heavy atom. The van der Waals surface area contributed by atoms with Crippen molar-refractivity contribution in [3.8, 4) is 5.75 Å². The molecule has 2 aromatic rings. The molecule has 0 saturated heterocycles. The SMILES string of the molecule is COc1ccccc1NC(N)=NCCCc1nnc2n1CCCCC2.I. The van der Waals surface area contributed by atoms with E-state index in [1.165, 1.54) is 19.3 Å². The number of anilines is 1. The van der Waals surface area contributed by atoms with Gasteiger partial charge < -0.3 is 20.4 Å². The first-order chi connectivity index (χ1) is 12.3. The predicted octanol–water partition coefficient (Wildman–Crippen LogP) is 2.99. The van der Waals surface area contributed by atoms with Gasteiger partial charge in [0.05, 0.1) is 12.8 Å². The molecule has 1 aliphatic heterocycles. The quantitative estimate of drug-likeness (QED) is 0.293. The first-order valence-corrected chi connectivity index (χ1v) is 8.89. The number of rotatable bonds is 6. The number of hydrogen-bond donors (Lipinski definition) is 2. The number of benzene rings is 1. The number of aryl methyl sites for hydroxylation is 2. The molecule has 1 aromatic carbocycles. The minimum atomic E-state index is 0. The van der Waals surface area contributed by atoms with Crippen LogP contribution in [0, 0.1) is 0 Å². The van der Waals surface area contributed by atoms with E-state index in [4.69, 9.17) is 10.5 Å². The molecular weight excluding hydrogens is 443 g/mol. The molecule has 0 saturated carbocycles. The molecule has 0 fully saturated rings. The van der Waals surface area contributed by atoms with E-state index in [-0.39, 0.29) is 24.0 Å². The summed E-state index contributed by atoms with van der Waals surface area (Å²) in [5.74, 6) is 3.34. The largest absolute Gasteiger partial charge is 0.495 e. The van der Waals surface area contributed by atoms with Crippen LogP contribution in [0.2, 0.25) is 0 Å². The van der Waals surface area contributed by atoms with Crippen LogP contribution in [0.3, 0.4) is 0 Å². The number of aromatic nitrogens is 3. The highest BCUT2D eigenvalue weighted by Gasteiger charge is 2.13. The second kappa shape index (κ2) is 10.3. The second-order valence-corrected chi connectivity index (χ2v) is 6.19. The van der Waals surface area contributed by atoms with Gasteiger partial charge >= 0.3 is 0 Å². The molecule has 2 heterocycles. The van der Waals surface area contributed by atoms with Gasteiger partial charge in [-0.15, -0.1) is 34.2 Å². The Kier molecular flexibility index (Phi) is 8.14. The zero-order chi connectivity index (χ0) is 17.5. The fraction of sp³-hybridized carbons (Fsp3) is 0.500. The first-order valence-electron chi connectivity index (χ1n) is 8.89. The molecule has 0 aliphatic carbocycles. The van der Waals surface area contributed by atoms with Crippen molar-refractivity contribution < 1.29 is 4.74 Å². The standard InChI is InChI=1S/C18H26N6O.HI/c1-25-15-9-5-4-8-14(15)21-18(19)20-12-7-11-17-23-22-16-10-3-2-6-13-24(16)17;/h4-5,8-9H,2-3,6-7,10-13H2,1H3,(H3,19,20,21);1H. The van der Waals surface area contributed by atoms with Gasteiger partial charge in [-0.1, -0.05) is 18.6 Å². The zero-order valence-corrected chi connectivity index (χ0v) is 17.5. The lowest BCUT2D eigenvalue weighted by molar-refractivity contribution is 0.417. The first kappa shape index (κ1) is 20.5. The van der Waals surface area contributed by atoms with E-state index in [0.29, 0.717) is 12.5 Å². The van der Waals surface area contributed by atoms with Crippen molar-refractivity contribution in [1.29, 1.82) is 0 Å². The molecule has 26 heavy (non-hydrogen) atoms. The molecule has 0 amide bonds. The summed E-state index contributed by atoms with van der Waals surface area (Å²) in [6.45, 7) is 1.69. The number of methoxy groups -OCH3 is 1. The fourth-order valence-corrected chi connectivity index (χ4v) is 3.09. The lowest BCUT2D eigenvalue weighted by Crippen LogP contribution is -2.23. The third-order valence-electron chi connectivity index (χ3n) is 4.40. The number of para-hydroxylation sites is 2. The number of nitrogens with one attached hydrogen (secondary N) is 1. The molecular formula is C18H27IN6O. The number of nitrogens with two attached hydrogens (primary N) is 1. The summed E-state index contributed by atoms with van der Waals surface area (Å²) in [6.07, 6.45) is 6.52. The lowest BCUT2D eigenvalue weighted by atomic mass is 10.2. The average molecular weight is 470 g/mol. The highest BCUT2D eigenvalue weighted by Crippen LogP contribution is 2.22. The molecule has 1 aliphatic rings. The molecule has 3 N–H and O–H groups in total. The zero-order valence-electron chi connectivity index (χ0n) is 15.1. The Labute approximate surface area is 171 Å². The van der Waals surface area contributed by atoms with Crippen molar-refractivity contribution in [1.82, 2.24) is 14.8 Å². The smallest absolute Gasteiger partial charge is 0.193 e. The molecule has 7 nitrogen and oxygen atoms in total. The van der Waals surface area contributed by atoms with Crippen molar-refractivity contribution in [2.45, 2.75) is 45.1 Å². The Morgan fingerprint density at radius 2 is 2.12 bits per heavy atom. The van der Waals surface area contributed by atoms with E-state index in [1.54, 1.807) is 7.11 Å². The van der Waals surface area contributed by atoms with E-state index in [9.17, 15) is 0 Å². The molecule has 0 atom stereocenters. The van der Waals surface area contributed by atoms with Gasteiger partial charge in [0.25, 0.3) is 0 Å². The average Bonchev–Trinajstić information content (AvgIpc) is 2.86. The maximum absolute atomic E-state index is 5.97. The van der Waals surface area contributed by atoms with Crippen LogP contribution in [-0.2, 0) is 19.4 Å². The Morgan fingerprint density at radius 3 is 2.96 bits per heavy atom. The summed E-state index contributed by atoms with van der Waals surface area (Å²) >= 11 is 0. The summed E-state index contributed by atoms with van der Waals surface area (Å²) < 4.78 is 7.58. The molecule has 8 heteroatoms. The van der Waals surface area contributed by atoms with Gasteiger partial charge in [-0.3, -0.25) is 4.99 Å². The highest BCUT2D eigenvalue weighted by atomic mass is 127. The van der Waals surface area contributed by atoms with Gasteiger partial charge in [-0.2, -0.15) is 0 Å². The van der Waals surface area contributed by atoms with Crippen LogP contribution in [0.5, 0.6) is 5.75 Å².